The van der Waals surface area contributed by atoms with Crippen LogP contribution in [0.15, 0.2) is 48.1 Å². The maximum absolute atomic E-state index is 12.1. The molecule has 2 aromatic rings. The molecule has 1 aliphatic heterocycles. The van der Waals surface area contributed by atoms with E-state index in [2.05, 4.69) is 22.1 Å². The van der Waals surface area contributed by atoms with E-state index in [4.69, 9.17) is 4.74 Å². The van der Waals surface area contributed by atoms with Gasteiger partial charge in [0.15, 0.2) is 11.0 Å². The van der Waals surface area contributed by atoms with Crippen LogP contribution in [0.5, 0.6) is 0 Å². The van der Waals surface area contributed by atoms with Gasteiger partial charge in [-0.3, -0.25) is 9.36 Å². The van der Waals surface area contributed by atoms with E-state index in [0.717, 1.165) is 30.8 Å². The maximum Gasteiger partial charge on any atom is 0.230 e. The van der Waals surface area contributed by atoms with Crippen molar-refractivity contribution in [3.05, 3.63) is 43.0 Å². The molecule has 132 valence electrons. The summed E-state index contributed by atoms with van der Waals surface area (Å²) < 4.78 is 7.48. The lowest BCUT2D eigenvalue weighted by molar-refractivity contribution is -0.119. The molecule has 1 aromatic carbocycles. The molecule has 3 rings (SSSR count). The van der Waals surface area contributed by atoms with Gasteiger partial charge in [-0.1, -0.05) is 48.2 Å². The van der Waals surface area contributed by atoms with Gasteiger partial charge in [0.25, 0.3) is 0 Å². The predicted molar refractivity (Wildman–Crippen MR) is 98.4 cm³/mol. The van der Waals surface area contributed by atoms with Crippen molar-refractivity contribution in [2.45, 2.75) is 30.6 Å². The molecule has 1 saturated heterocycles. The number of aromatic nitrogens is 3. The topological polar surface area (TPSA) is 69.0 Å². The first kappa shape index (κ1) is 17.7. The number of ether oxygens (including phenoxy) is 1. The molecule has 1 fully saturated rings. The lowest BCUT2D eigenvalue weighted by atomic mass is 10.2. The second-order valence-corrected chi connectivity index (χ2v) is 6.74. The summed E-state index contributed by atoms with van der Waals surface area (Å²) in [7, 11) is 0. The van der Waals surface area contributed by atoms with Crippen LogP contribution in [-0.4, -0.2) is 45.7 Å². The molecule has 1 atom stereocenters. The fraction of sp³-hybridized carbons (Fsp3) is 0.389. The van der Waals surface area contributed by atoms with Gasteiger partial charge in [-0.15, -0.1) is 16.8 Å². The molecule has 0 spiro atoms. The molecule has 0 unspecified atom stereocenters. The number of allylic oxidation sites excluding steroid dienone is 1. The molecular formula is C18H22N4O2S. The van der Waals surface area contributed by atoms with Gasteiger partial charge in [0, 0.05) is 25.3 Å². The largest absolute Gasteiger partial charge is 0.376 e. The van der Waals surface area contributed by atoms with Gasteiger partial charge in [0.1, 0.15) is 0 Å². The number of rotatable bonds is 8. The van der Waals surface area contributed by atoms with Gasteiger partial charge in [0.05, 0.1) is 11.9 Å². The van der Waals surface area contributed by atoms with E-state index in [1.165, 1.54) is 11.8 Å². The lowest BCUT2D eigenvalue weighted by Gasteiger charge is -2.11. The number of amides is 1. The van der Waals surface area contributed by atoms with Crippen LogP contribution in [0.2, 0.25) is 0 Å². The van der Waals surface area contributed by atoms with Crippen molar-refractivity contribution in [3.63, 3.8) is 0 Å². The summed E-state index contributed by atoms with van der Waals surface area (Å²) >= 11 is 1.38. The number of nitrogens with one attached hydrogen (secondary N) is 1. The fourth-order valence-corrected chi connectivity index (χ4v) is 3.48. The van der Waals surface area contributed by atoms with Crippen molar-refractivity contribution in [1.29, 1.82) is 0 Å². The Labute approximate surface area is 151 Å². The van der Waals surface area contributed by atoms with Gasteiger partial charge in [0.2, 0.25) is 5.91 Å². The van der Waals surface area contributed by atoms with E-state index in [1.54, 1.807) is 6.08 Å². The Bertz CT molecular complexity index is 711. The summed E-state index contributed by atoms with van der Waals surface area (Å²) in [6, 6.07) is 9.88. The molecule has 0 saturated carbocycles. The molecule has 1 aliphatic rings. The summed E-state index contributed by atoms with van der Waals surface area (Å²) in [5.74, 6) is 1.06. The van der Waals surface area contributed by atoms with Crippen LogP contribution in [0.1, 0.15) is 12.8 Å². The molecular weight excluding hydrogens is 336 g/mol. The van der Waals surface area contributed by atoms with Crippen molar-refractivity contribution in [2.24, 2.45) is 0 Å². The number of hydrogen-bond donors (Lipinski definition) is 1. The standard InChI is InChI=1S/C18H22N4O2S/c1-2-10-22-17(14-7-4-3-5-8-14)20-21-18(22)25-13-16(23)19-12-15-9-6-11-24-15/h2-5,7-8,15H,1,6,9-13H2,(H,19,23)/t15-/m0/s1. The average Bonchev–Trinajstić information content (AvgIpc) is 3.29. The van der Waals surface area contributed by atoms with Crippen LogP contribution in [0.4, 0.5) is 0 Å². The van der Waals surface area contributed by atoms with Crippen molar-refractivity contribution < 1.29 is 9.53 Å². The summed E-state index contributed by atoms with van der Waals surface area (Å²) in [5.41, 5.74) is 0.992. The number of carbonyl (C=O) groups is 1. The maximum atomic E-state index is 12.1. The Balaban J connectivity index is 1.60. The first-order chi connectivity index (χ1) is 12.3. The Morgan fingerprint density at radius 3 is 2.96 bits per heavy atom. The molecule has 6 nitrogen and oxygen atoms in total. The second kappa shape index (κ2) is 8.82. The summed E-state index contributed by atoms with van der Waals surface area (Å²) in [6.07, 6.45) is 4.05. The number of thioether (sulfide) groups is 1. The highest BCUT2D eigenvalue weighted by molar-refractivity contribution is 7.99. The molecule has 0 aliphatic carbocycles. The lowest BCUT2D eigenvalue weighted by Crippen LogP contribution is -2.32. The van der Waals surface area contributed by atoms with Gasteiger partial charge < -0.3 is 10.1 Å². The Morgan fingerprint density at radius 1 is 1.40 bits per heavy atom. The van der Waals surface area contributed by atoms with Crippen molar-refractivity contribution >= 4 is 17.7 Å². The van der Waals surface area contributed by atoms with Crippen LogP contribution >= 0.6 is 11.8 Å². The van der Waals surface area contributed by atoms with Crippen LogP contribution in [0, 0.1) is 0 Å². The highest BCUT2D eigenvalue weighted by atomic mass is 32.2. The van der Waals surface area contributed by atoms with Crippen molar-refractivity contribution in [2.75, 3.05) is 18.9 Å². The summed E-state index contributed by atoms with van der Waals surface area (Å²) in [6.45, 7) is 5.77. The number of hydrogen-bond acceptors (Lipinski definition) is 5. The summed E-state index contributed by atoms with van der Waals surface area (Å²) in [5, 5.41) is 12.2. The number of carbonyl (C=O) groups excluding carboxylic acids is 1. The molecule has 1 amide bonds. The van der Waals surface area contributed by atoms with Gasteiger partial charge in [-0.05, 0) is 12.8 Å². The Hall–Kier alpha value is -2.12. The number of benzene rings is 1. The van der Waals surface area contributed by atoms with Crippen molar-refractivity contribution in [3.8, 4) is 11.4 Å². The smallest absolute Gasteiger partial charge is 0.230 e. The zero-order chi connectivity index (χ0) is 17.5. The second-order valence-electron chi connectivity index (χ2n) is 5.80. The van der Waals surface area contributed by atoms with Crippen LogP contribution in [0.3, 0.4) is 0 Å². The highest BCUT2D eigenvalue weighted by Gasteiger charge is 2.17. The quantitative estimate of drug-likeness (QED) is 0.580. The Morgan fingerprint density at radius 2 is 2.24 bits per heavy atom. The van der Waals surface area contributed by atoms with Crippen LogP contribution in [-0.2, 0) is 16.1 Å². The SMILES string of the molecule is C=CCn1c(SCC(=O)NC[C@@H]2CCCO2)nnc1-c1ccccc1. The van der Waals surface area contributed by atoms with Gasteiger partial charge >= 0.3 is 0 Å². The van der Waals surface area contributed by atoms with E-state index in [-0.39, 0.29) is 12.0 Å². The molecule has 0 radical (unpaired) electrons. The van der Waals surface area contributed by atoms with E-state index >= 15 is 0 Å². The number of nitrogens with zero attached hydrogens (tertiary/aromatic N) is 3. The average molecular weight is 358 g/mol. The zero-order valence-corrected chi connectivity index (χ0v) is 14.9. The predicted octanol–water partition coefficient (Wildman–Crippen LogP) is 2.52. The highest BCUT2D eigenvalue weighted by Crippen LogP contribution is 2.23. The van der Waals surface area contributed by atoms with E-state index in [9.17, 15) is 4.79 Å². The Kier molecular flexibility index (Phi) is 6.25. The molecule has 1 N–H and O–H groups in total. The van der Waals surface area contributed by atoms with Gasteiger partial charge in [-0.25, -0.2) is 0 Å². The van der Waals surface area contributed by atoms with Crippen molar-refractivity contribution in [1.82, 2.24) is 20.1 Å². The molecule has 0 bridgehead atoms. The minimum atomic E-state index is -0.0186. The third-order valence-electron chi connectivity index (χ3n) is 3.94. The summed E-state index contributed by atoms with van der Waals surface area (Å²) in [4.78, 5) is 12.1. The first-order valence-electron chi connectivity index (χ1n) is 8.38. The molecule has 1 aromatic heterocycles. The minimum Gasteiger partial charge on any atom is -0.376 e. The normalized spacial score (nSPS) is 16.7. The zero-order valence-electron chi connectivity index (χ0n) is 14.1. The van der Waals surface area contributed by atoms with Gasteiger partial charge in [-0.2, -0.15) is 0 Å². The monoisotopic (exact) mass is 358 g/mol. The van der Waals surface area contributed by atoms with E-state index in [0.29, 0.717) is 24.0 Å². The fourth-order valence-electron chi connectivity index (χ4n) is 2.70. The minimum absolute atomic E-state index is 0.0186. The van der Waals surface area contributed by atoms with Crippen LogP contribution in [0.25, 0.3) is 11.4 Å². The molecule has 2 heterocycles. The van der Waals surface area contributed by atoms with E-state index in [1.807, 2.05) is 34.9 Å². The van der Waals surface area contributed by atoms with Crippen LogP contribution < -0.4 is 5.32 Å². The first-order valence-corrected chi connectivity index (χ1v) is 9.37. The molecule has 25 heavy (non-hydrogen) atoms. The van der Waals surface area contributed by atoms with E-state index < -0.39 is 0 Å². The third-order valence-corrected chi connectivity index (χ3v) is 4.91. The molecule has 7 heteroatoms. The third kappa shape index (κ3) is 4.70.